The zero-order valence-corrected chi connectivity index (χ0v) is 20.3. The van der Waals surface area contributed by atoms with E-state index < -0.39 is 23.1 Å². The Kier molecular flexibility index (Phi) is 7.64. The molecule has 0 aliphatic carbocycles. The van der Waals surface area contributed by atoms with Gasteiger partial charge in [0.1, 0.15) is 4.38 Å². The van der Waals surface area contributed by atoms with Crippen molar-refractivity contribution in [2.45, 2.75) is 24.9 Å². The third-order valence-corrected chi connectivity index (χ3v) is 7.31. The molecule has 1 aliphatic heterocycles. The summed E-state index contributed by atoms with van der Waals surface area (Å²) in [5.74, 6) is -1.32. The number of carbonyl (C=O) groups is 3. The molecule has 1 atom stereocenters. The van der Waals surface area contributed by atoms with Gasteiger partial charge in [-0.3, -0.25) is 14.6 Å². The summed E-state index contributed by atoms with van der Waals surface area (Å²) in [7, 11) is 0. The fourth-order valence-corrected chi connectivity index (χ4v) is 5.61. The van der Waals surface area contributed by atoms with Crippen molar-refractivity contribution in [3.05, 3.63) is 65.9 Å². The first-order chi connectivity index (χ1) is 16.5. The van der Waals surface area contributed by atoms with Crippen LogP contribution >= 0.6 is 23.5 Å². The molecule has 4 rings (SSSR count). The molecular weight excluding hydrogens is 472 g/mol. The van der Waals surface area contributed by atoms with E-state index in [0.29, 0.717) is 15.6 Å². The molecule has 174 valence electrons. The number of amides is 1. The van der Waals surface area contributed by atoms with Gasteiger partial charge >= 0.3 is 11.9 Å². The number of hydrogen-bond donors (Lipinski definition) is 0. The van der Waals surface area contributed by atoms with Crippen molar-refractivity contribution in [1.82, 2.24) is 4.98 Å². The van der Waals surface area contributed by atoms with Gasteiger partial charge in [-0.2, -0.15) is 4.99 Å². The molecule has 0 radical (unpaired) electrons. The summed E-state index contributed by atoms with van der Waals surface area (Å²) in [6.07, 6.45) is 0. The van der Waals surface area contributed by atoms with Gasteiger partial charge in [0.15, 0.2) is 5.25 Å². The van der Waals surface area contributed by atoms with Crippen molar-refractivity contribution in [3.8, 4) is 11.1 Å². The number of para-hydroxylation sites is 1. The van der Waals surface area contributed by atoms with Gasteiger partial charge in [-0.25, -0.2) is 4.79 Å². The Hall–Kier alpha value is -3.17. The molecule has 34 heavy (non-hydrogen) atoms. The summed E-state index contributed by atoms with van der Waals surface area (Å²) in [5.41, 5.74) is 3.28. The fraction of sp³-hybridized carbons (Fsp3) is 0.240. The van der Waals surface area contributed by atoms with Crippen LogP contribution in [0.4, 0.5) is 0 Å². The zero-order valence-electron chi connectivity index (χ0n) is 18.6. The van der Waals surface area contributed by atoms with Crippen molar-refractivity contribution in [2.24, 2.45) is 4.99 Å². The number of aliphatic imine (C=N–C) groups is 1. The summed E-state index contributed by atoms with van der Waals surface area (Å²) in [6.45, 7) is 3.86. The topological polar surface area (TPSA) is 94.9 Å². The molecule has 0 fully saturated rings. The van der Waals surface area contributed by atoms with Crippen LogP contribution in [0.25, 0.3) is 22.0 Å². The third-order valence-electron chi connectivity index (χ3n) is 4.99. The number of pyridine rings is 1. The minimum Gasteiger partial charge on any atom is -0.465 e. The number of fused-ring (bicyclic) bond motifs is 1. The van der Waals surface area contributed by atoms with Gasteiger partial charge in [0.25, 0.3) is 5.91 Å². The van der Waals surface area contributed by atoms with Crippen molar-refractivity contribution < 1.29 is 23.9 Å². The highest BCUT2D eigenvalue weighted by atomic mass is 32.2. The number of hydrogen-bond acceptors (Lipinski definition) is 8. The molecule has 0 bridgehead atoms. The largest absolute Gasteiger partial charge is 0.465 e. The van der Waals surface area contributed by atoms with Gasteiger partial charge in [0, 0.05) is 16.7 Å². The molecule has 0 unspecified atom stereocenters. The van der Waals surface area contributed by atoms with E-state index in [1.54, 1.807) is 13.8 Å². The number of ether oxygens (including phenoxy) is 2. The lowest BCUT2D eigenvalue weighted by Gasteiger charge is -2.16. The minimum atomic E-state index is -0.989. The molecule has 2 aromatic carbocycles. The van der Waals surface area contributed by atoms with Gasteiger partial charge in [0.05, 0.1) is 30.0 Å². The van der Waals surface area contributed by atoms with Gasteiger partial charge < -0.3 is 9.47 Å². The maximum Gasteiger partial charge on any atom is 0.340 e. The molecule has 1 aliphatic rings. The molecule has 0 saturated heterocycles. The van der Waals surface area contributed by atoms with Crippen LogP contribution in [-0.4, -0.2) is 45.7 Å². The lowest BCUT2D eigenvalue weighted by molar-refractivity contribution is -0.144. The molecule has 1 amide bonds. The van der Waals surface area contributed by atoms with E-state index in [1.165, 1.54) is 11.8 Å². The van der Waals surface area contributed by atoms with E-state index in [2.05, 4.69) is 4.99 Å². The Morgan fingerprint density at radius 2 is 1.71 bits per heavy atom. The lowest BCUT2D eigenvalue weighted by Crippen LogP contribution is -2.24. The summed E-state index contributed by atoms with van der Waals surface area (Å²) in [4.78, 5) is 46.1. The highest BCUT2D eigenvalue weighted by Gasteiger charge is 2.36. The smallest absolute Gasteiger partial charge is 0.340 e. The van der Waals surface area contributed by atoms with E-state index in [1.807, 2.05) is 54.6 Å². The maximum atomic E-state index is 13.1. The van der Waals surface area contributed by atoms with Gasteiger partial charge in [0.2, 0.25) is 0 Å². The number of thioether (sulfide) groups is 2. The van der Waals surface area contributed by atoms with Crippen LogP contribution in [0.5, 0.6) is 0 Å². The number of nitrogens with zero attached hydrogens (tertiary/aromatic N) is 2. The predicted molar refractivity (Wildman–Crippen MR) is 135 cm³/mol. The second-order valence-corrected chi connectivity index (χ2v) is 9.48. The molecular formula is C25H22N2O5S2. The average molecular weight is 495 g/mol. The highest BCUT2D eigenvalue weighted by molar-refractivity contribution is 8.39. The second kappa shape index (κ2) is 10.8. The Balaban J connectivity index is 1.73. The monoisotopic (exact) mass is 494 g/mol. The Morgan fingerprint density at radius 1 is 1.00 bits per heavy atom. The summed E-state index contributed by atoms with van der Waals surface area (Å²) in [5, 5.41) is -0.146. The number of esters is 2. The normalized spacial score (nSPS) is 15.3. The average Bonchev–Trinajstić information content (AvgIpc) is 3.23. The van der Waals surface area contributed by atoms with Gasteiger partial charge in [-0.1, -0.05) is 72.1 Å². The standard InChI is InChI=1S/C25H22N2O5S2/c1-3-31-23(29)20-18(14-33-25-27-22(28)21(34-25)24(30)32-4-2)26-17-13-9-8-12-16(17)19(20)15-10-6-5-7-11-15/h5-13,21H,3-4,14H2,1-2H3/t21-/m1/s1. The number of aromatic nitrogens is 1. The zero-order chi connectivity index (χ0) is 24.1. The number of benzene rings is 2. The van der Waals surface area contributed by atoms with Crippen LogP contribution < -0.4 is 0 Å². The van der Waals surface area contributed by atoms with E-state index in [4.69, 9.17) is 14.5 Å². The Bertz CT molecular complexity index is 1280. The van der Waals surface area contributed by atoms with Crippen LogP contribution in [-0.2, 0) is 24.8 Å². The Labute approximate surface area is 205 Å². The fourth-order valence-electron chi connectivity index (χ4n) is 3.58. The second-order valence-electron chi connectivity index (χ2n) is 7.17. The highest BCUT2D eigenvalue weighted by Crippen LogP contribution is 2.37. The number of carbonyl (C=O) groups excluding carboxylic acids is 3. The van der Waals surface area contributed by atoms with Crippen LogP contribution in [0.15, 0.2) is 59.6 Å². The van der Waals surface area contributed by atoms with Crippen LogP contribution in [0.3, 0.4) is 0 Å². The first-order valence-corrected chi connectivity index (χ1v) is 12.6. The van der Waals surface area contributed by atoms with E-state index in [0.717, 1.165) is 33.8 Å². The molecule has 0 N–H and O–H groups in total. The van der Waals surface area contributed by atoms with Crippen molar-refractivity contribution >= 4 is 56.6 Å². The van der Waals surface area contributed by atoms with Crippen molar-refractivity contribution in [1.29, 1.82) is 0 Å². The predicted octanol–water partition coefficient (Wildman–Crippen LogP) is 4.87. The van der Waals surface area contributed by atoms with E-state index >= 15 is 0 Å². The van der Waals surface area contributed by atoms with E-state index in [9.17, 15) is 14.4 Å². The lowest BCUT2D eigenvalue weighted by atomic mass is 9.94. The molecule has 0 spiro atoms. The molecule has 1 aromatic heterocycles. The first kappa shape index (κ1) is 24.0. The summed E-state index contributed by atoms with van der Waals surface area (Å²) < 4.78 is 10.8. The maximum absolute atomic E-state index is 13.1. The minimum absolute atomic E-state index is 0.192. The molecule has 9 heteroatoms. The van der Waals surface area contributed by atoms with E-state index in [-0.39, 0.29) is 19.0 Å². The van der Waals surface area contributed by atoms with Crippen molar-refractivity contribution in [2.75, 3.05) is 13.2 Å². The van der Waals surface area contributed by atoms with Crippen LogP contribution in [0.1, 0.15) is 29.9 Å². The quantitative estimate of drug-likeness (QED) is 0.339. The van der Waals surface area contributed by atoms with Gasteiger partial charge in [-0.15, -0.1) is 0 Å². The molecule has 2 heterocycles. The first-order valence-electron chi connectivity index (χ1n) is 10.8. The molecule has 7 nitrogen and oxygen atoms in total. The third kappa shape index (κ3) is 5.00. The van der Waals surface area contributed by atoms with Crippen molar-refractivity contribution in [3.63, 3.8) is 0 Å². The number of rotatable bonds is 7. The molecule has 0 saturated carbocycles. The van der Waals surface area contributed by atoms with Crippen LogP contribution in [0, 0.1) is 0 Å². The molecule has 3 aromatic rings. The summed E-state index contributed by atoms with van der Waals surface area (Å²) in [6, 6.07) is 17.3. The SMILES string of the molecule is CCOC(=O)c1c(CSC2=NC(=O)[C@H](C(=O)OCC)S2)nc2ccccc2c1-c1ccccc1. The van der Waals surface area contributed by atoms with Gasteiger partial charge in [-0.05, 0) is 25.5 Å². The Morgan fingerprint density at radius 3 is 2.44 bits per heavy atom. The summed E-state index contributed by atoms with van der Waals surface area (Å²) >= 11 is 2.32. The van der Waals surface area contributed by atoms with Crippen LogP contribution in [0.2, 0.25) is 0 Å².